The van der Waals surface area contributed by atoms with Crippen LogP contribution in [0.2, 0.25) is 0 Å². The standard InChI is InChI=1S/C18H36N4O11.C18H25N3O3S/c19-2-6-10(25)12(27)13(28)18(30-6)33-16-5(21)1-4(20)15(14(16)29)32-17-11(26)8(22)9(24)7(3-23)31-17;1-14-4-6-16(7-5-14)17-15(2)18(20-25(17,22)23)19-8-3-9-21-10-12-24-13-11-21/h4-18,23-29H,1-3,19-22H2;4-7H,3,8-13H2,1-2H3,(H,19,20)/t4-,5+,6-,7-,8+,9-,10-,11-,12+,13-,14-,15+,16-,17-,18-;/m1./s1. The molecule has 6 rings (SSSR count). The summed E-state index contributed by atoms with van der Waals surface area (Å²) in [7, 11) is -3.54. The summed E-state index contributed by atoms with van der Waals surface area (Å²) in [5.74, 6) is 0.470. The molecule has 3 saturated heterocycles. The number of aliphatic hydroxyl groups is 7. The third kappa shape index (κ3) is 10.8. The Bertz CT molecular complexity index is 1600. The molecule has 5 aliphatic rings. The van der Waals surface area contributed by atoms with Gasteiger partial charge in [-0.1, -0.05) is 29.8 Å². The predicted octanol–water partition coefficient (Wildman–Crippen LogP) is -5.51. The number of morpholine rings is 1. The fraction of sp³-hybridized carbons (Fsp3) is 0.750. The molecule has 1 aromatic rings. The Labute approximate surface area is 337 Å². The molecule has 0 radical (unpaired) electrons. The molecule has 58 heavy (non-hydrogen) atoms. The van der Waals surface area contributed by atoms with Crippen molar-refractivity contribution in [2.24, 2.45) is 27.9 Å². The van der Waals surface area contributed by atoms with Crippen molar-refractivity contribution >= 4 is 20.8 Å². The van der Waals surface area contributed by atoms with Crippen molar-refractivity contribution in [2.75, 3.05) is 52.5 Å². The molecule has 22 heteroatoms. The summed E-state index contributed by atoms with van der Waals surface area (Å²) in [6.45, 7) is 8.08. The third-order valence-electron chi connectivity index (χ3n) is 11.0. The minimum Gasteiger partial charge on any atom is -0.394 e. The summed E-state index contributed by atoms with van der Waals surface area (Å²) in [5.41, 5.74) is 26.0. The van der Waals surface area contributed by atoms with Crippen molar-refractivity contribution in [1.29, 1.82) is 0 Å². The minimum atomic E-state index is -3.54. The van der Waals surface area contributed by atoms with Gasteiger partial charge in [-0.3, -0.25) is 14.6 Å². The number of amidine groups is 1. The molecule has 0 spiro atoms. The topological polar surface area (TPSA) is 354 Å². The van der Waals surface area contributed by atoms with Crippen LogP contribution in [0.4, 0.5) is 0 Å². The van der Waals surface area contributed by atoms with Gasteiger partial charge in [-0.15, -0.1) is 0 Å². The second kappa shape index (κ2) is 20.5. The van der Waals surface area contributed by atoms with Crippen LogP contribution in [0.5, 0.6) is 0 Å². The summed E-state index contributed by atoms with van der Waals surface area (Å²) in [5, 5.41) is 70.9. The number of aliphatic hydroxyl groups excluding tert-OH is 7. The molecule has 0 bridgehead atoms. The lowest BCUT2D eigenvalue weighted by Crippen LogP contribution is -2.68. The number of benzene rings is 1. The zero-order valence-corrected chi connectivity index (χ0v) is 33.5. The van der Waals surface area contributed by atoms with E-state index in [1.807, 2.05) is 38.1 Å². The first-order valence-electron chi connectivity index (χ1n) is 19.4. The normalized spacial score (nSPS) is 40.2. The van der Waals surface area contributed by atoms with Crippen molar-refractivity contribution < 1.29 is 67.8 Å². The van der Waals surface area contributed by atoms with E-state index in [2.05, 4.69) is 14.6 Å². The second-order valence-corrected chi connectivity index (χ2v) is 16.9. The van der Waals surface area contributed by atoms with Gasteiger partial charge in [0.1, 0.15) is 71.8 Å². The van der Waals surface area contributed by atoms with E-state index < -0.39 is 108 Å². The quantitative estimate of drug-likeness (QED) is 0.0924. The molecule has 1 saturated carbocycles. The monoisotopic (exact) mass is 847 g/mol. The van der Waals surface area contributed by atoms with E-state index in [1.54, 1.807) is 0 Å². The lowest BCUT2D eigenvalue weighted by Gasteiger charge is -2.48. The van der Waals surface area contributed by atoms with Crippen molar-refractivity contribution in [1.82, 2.24) is 9.62 Å². The lowest BCUT2D eigenvalue weighted by atomic mass is 9.84. The van der Waals surface area contributed by atoms with E-state index in [4.69, 9.17) is 46.6 Å². The average molecular weight is 848 g/mol. The number of aryl methyl sites for hydroxylation is 1. The van der Waals surface area contributed by atoms with Crippen molar-refractivity contribution in [3.05, 3.63) is 41.0 Å². The summed E-state index contributed by atoms with van der Waals surface area (Å²) < 4.78 is 55.1. The van der Waals surface area contributed by atoms with Gasteiger partial charge < -0.3 is 82.4 Å². The van der Waals surface area contributed by atoms with Gasteiger partial charge in [0, 0.05) is 50.4 Å². The zero-order valence-electron chi connectivity index (χ0n) is 32.6. The van der Waals surface area contributed by atoms with Crippen LogP contribution in [0.1, 0.15) is 30.9 Å². The molecular formula is C36H61N7O14S. The van der Waals surface area contributed by atoms with E-state index in [9.17, 15) is 44.2 Å². The first-order chi connectivity index (χ1) is 27.5. The molecule has 16 N–H and O–H groups in total. The number of hydrogen-bond donors (Lipinski definition) is 12. The van der Waals surface area contributed by atoms with Crippen molar-refractivity contribution in [3.8, 4) is 0 Å². The highest BCUT2D eigenvalue weighted by molar-refractivity contribution is 8.00. The smallest absolute Gasteiger partial charge is 0.264 e. The Morgan fingerprint density at radius 2 is 1.41 bits per heavy atom. The van der Waals surface area contributed by atoms with E-state index in [0.29, 0.717) is 28.4 Å². The maximum absolute atomic E-state index is 12.5. The summed E-state index contributed by atoms with van der Waals surface area (Å²) in [4.78, 5) is 7.17. The summed E-state index contributed by atoms with van der Waals surface area (Å²) in [6.07, 6.45) is -15.6. The van der Waals surface area contributed by atoms with E-state index >= 15 is 0 Å². The van der Waals surface area contributed by atoms with Gasteiger partial charge in [-0.05, 0) is 32.3 Å². The van der Waals surface area contributed by atoms with Gasteiger partial charge in [0.05, 0.1) is 25.9 Å². The Morgan fingerprint density at radius 1 is 0.828 bits per heavy atom. The van der Waals surface area contributed by atoms with Gasteiger partial charge in [0.15, 0.2) is 12.6 Å². The van der Waals surface area contributed by atoms with Crippen LogP contribution in [0.15, 0.2) is 34.8 Å². The molecule has 1 aromatic carbocycles. The highest BCUT2D eigenvalue weighted by Gasteiger charge is 2.51. The van der Waals surface area contributed by atoms with E-state index in [1.165, 1.54) is 0 Å². The molecular weight excluding hydrogens is 786 g/mol. The minimum absolute atomic E-state index is 0.0849. The maximum atomic E-state index is 12.5. The average Bonchev–Trinajstić information content (AvgIpc) is 3.43. The van der Waals surface area contributed by atoms with Gasteiger partial charge in [-0.2, -0.15) is 0 Å². The lowest BCUT2D eigenvalue weighted by molar-refractivity contribution is -0.332. The molecule has 21 nitrogen and oxygen atoms in total. The zero-order chi connectivity index (χ0) is 42.5. The van der Waals surface area contributed by atoms with Crippen LogP contribution in [0, 0.1) is 6.92 Å². The van der Waals surface area contributed by atoms with E-state index in [-0.39, 0.29) is 13.0 Å². The molecule has 4 heterocycles. The Balaban J connectivity index is 0.000000229. The summed E-state index contributed by atoms with van der Waals surface area (Å²) >= 11 is 0. The highest BCUT2D eigenvalue weighted by Crippen LogP contribution is 2.32. The number of nitrogens with two attached hydrogens (primary N) is 4. The Kier molecular flexibility index (Phi) is 16.5. The molecule has 0 unspecified atom stereocenters. The first-order valence-corrected chi connectivity index (χ1v) is 20.9. The number of sulfonamides is 1. The first kappa shape index (κ1) is 46.8. The largest absolute Gasteiger partial charge is 0.394 e. The molecule has 15 atom stereocenters. The molecule has 0 aromatic heterocycles. The highest BCUT2D eigenvalue weighted by atomic mass is 32.2. The number of aliphatic imine (C=N–C) groups is 1. The number of nitrogens with one attached hydrogen (secondary N) is 1. The number of nitrogens with zero attached hydrogens (tertiary/aromatic N) is 2. The van der Waals surface area contributed by atoms with Crippen LogP contribution in [-0.2, 0) is 33.7 Å². The van der Waals surface area contributed by atoms with Crippen molar-refractivity contribution in [2.45, 2.75) is 118 Å². The number of rotatable bonds is 11. The fourth-order valence-corrected chi connectivity index (χ4v) is 9.02. The van der Waals surface area contributed by atoms with Crippen LogP contribution in [0.3, 0.4) is 0 Å². The molecule has 330 valence electrons. The predicted molar refractivity (Wildman–Crippen MR) is 208 cm³/mol. The number of hydrogen-bond acceptors (Lipinski definition) is 20. The summed E-state index contributed by atoms with van der Waals surface area (Å²) in [6, 6.07) is 4.66. The van der Waals surface area contributed by atoms with Crippen LogP contribution < -0.4 is 27.7 Å². The van der Waals surface area contributed by atoms with Crippen LogP contribution >= 0.6 is 0 Å². The molecule has 4 fully saturated rings. The molecule has 4 aliphatic heterocycles. The van der Waals surface area contributed by atoms with E-state index in [0.717, 1.165) is 44.8 Å². The Morgan fingerprint density at radius 3 is 2.00 bits per heavy atom. The van der Waals surface area contributed by atoms with Gasteiger partial charge in [0.2, 0.25) is 0 Å². The molecule has 1 aliphatic carbocycles. The third-order valence-corrected chi connectivity index (χ3v) is 12.5. The van der Waals surface area contributed by atoms with Crippen LogP contribution in [0.25, 0.3) is 4.91 Å². The van der Waals surface area contributed by atoms with Gasteiger partial charge >= 0.3 is 0 Å². The van der Waals surface area contributed by atoms with Crippen LogP contribution in [-0.4, -0.2) is 199 Å². The van der Waals surface area contributed by atoms with Gasteiger partial charge in [-0.25, -0.2) is 8.42 Å². The Hall–Kier alpha value is -2.30. The maximum Gasteiger partial charge on any atom is 0.264 e. The van der Waals surface area contributed by atoms with Crippen molar-refractivity contribution in [3.63, 3.8) is 0 Å². The fourth-order valence-electron chi connectivity index (χ4n) is 7.50. The molecule has 0 amide bonds. The van der Waals surface area contributed by atoms with Gasteiger partial charge in [0.25, 0.3) is 10.0 Å². The second-order valence-electron chi connectivity index (χ2n) is 15.3. The SMILES string of the molecule is CC1=C(c2ccc(C)cc2)S(=O)(=O)NC1=NCCCN1CCOCC1.NC[C@H]1O[C@H](O[C@H]2[C@H](O)[C@@H](O[C@H]3O[C@H](CO)[C@@H](O)[C@H](N)[C@H]3O)[C@H](N)C[C@@H]2N)[C@H](O)[C@@H](O)[C@@H]1O. The number of ether oxygens (including phenoxy) is 5.